The van der Waals surface area contributed by atoms with Crippen molar-refractivity contribution < 1.29 is 19.0 Å². The van der Waals surface area contributed by atoms with Crippen LogP contribution in [0.25, 0.3) is 22.9 Å². The van der Waals surface area contributed by atoms with E-state index in [1.807, 2.05) is 53.7 Å². The van der Waals surface area contributed by atoms with Gasteiger partial charge in [0.25, 0.3) is 0 Å². The Kier molecular flexibility index (Phi) is 7.53. The first-order valence-electron chi connectivity index (χ1n) is 10.8. The number of aromatic nitrogens is 6. The number of rotatable bonds is 4. The molecule has 34 heavy (non-hydrogen) atoms. The molecule has 4 aromatic heterocycles. The molecule has 2 atom stereocenters. The monoisotopic (exact) mass is 466 g/mol. The van der Waals surface area contributed by atoms with E-state index in [4.69, 9.17) is 8.83 Å². The van der Waals surface area contributed by atoms with E-state index in [1.165, 1.54) is 0 Å². The molecule has 4 rings (SSSR count). The summed E-state index contributed by atoms with van der Waals surface area (Å²) in [6.07, 6.45) is 5.07. The highest BCUT2D eigenvalue weighted by molar-refractivity contribution is 5.50. The van der Waals surface area contributed by atoms with E-state index in [9.17, 15) is 10.2 Å². The second kappa shape index (κ2) is 10.2. The van der Waals surface area contributed by atoms with Crippen LogP contribution in [0.1, 0.15) is 65.5 Å². The maximum atomic E-state index is 10.0. The van der Waals surface area contributed by atoms with Crippen molar-refractivity contribution in [3.05, 3.63) is 60.8 Å². The molecule has 10 nitrogen and oxygen atoms in total. The second-order valence-electron chi connectivity index (χ2n) is 9.91. The highest BCUT2D eigenvalue weighted by Crippen LogP contribution is 2.33. The summed E-state index contributed by atoms with van der Waals surface area (Å²) >= 11 is 0. The predicted octanol–water partition coefficient (Wildman–Crippen LogP) is 4.42. The van der Waals surface area contributed by atoms with Crippen LogP contribution in [0.3, 0.4) is 0 Å². The van der Waals surface area contributed by atoms with E-state index in [2.05, 4.69) is 30.4 Å². The second-order valence-corrected chi connectivity index (χ2v) is 9.91. The summed E-state index contributed by atoms with van der Waals surface area (Å²) < 4.78 is 10.9. The summed E-state index contributed by atoms with van der Waals surface area (Å²) in [6, 6.07) is 7.24. The molecule has 2 N–H and O–H groups in total. The highest BCUT2D eigenvalue weighted by Gasteiger charge is 2.30. The van der Waals surface area contributed by atoms with Gasteiger partial charge in [-0.3, -0.25) is 9.97 Å². The molecule has 0 aliphatic heterocycles. The first-order chi connectivity index (χ1) is 16.0. The van der Waals surface area contributed by atoms with Crippen molar-refractivity contribution in [2.24, 2.45) is 10.8 Å². The molecule has 0 saturated heterocycles. The van der Waals surface area contributed by atoms with Crippen molar-refractivity contribution in [3.63, 3.8) is 0 Å². The Hall–Kier alpha value is -3.50. The molecular formula is C24H30N6O4. The van der Waals surface area contributed by atoms with Crippen LogP contribution < -0.4 is 0 Å². The van der Waals surface area contributed by atoms with E-state index in [0.29, 0.717) is 11.8 Å². The van der Waals surface area contributed by atoms with Gasteiger partial charge in [0.2, 0.25) is 23.6 Å². The predicted molar refractivity (Wildman–Crippen MR) is 124 cm³/mol. The largest absolute Gasteiger partial charge is 0.418 e. The third-order valence-electron chi connectivity index (χ3n) is 4.81. The first-order valence-corrected chi connectivity index (χ1v) is 10.8. The molecule has 0 bridgehead atoms. The van der Waals surface area contributed by atoms with Crippen molar-refractivity contribution >= 4 is 0 Å². The third-order valence-corrected chi connectivity index (χ3v) is 4.81. The van der Waals surface area contributed by atoms with Crippen LogP contribution in [0.4, 0.5) is 0 Å². The van der Waals surface area contributed by atoms with E-state index < -0.39 is 12.2 Å². The van der Waals surface area contributed by atoms with Crippen LogP contribution in [0.2, 0.25) is 0 Å². The molecule has 0 fully saturated rings. The number of pyridine rings is 2. The molecule has 0 saturated carbocycles. The molecule has 0 radical (unpaired) electrons. The Morgan fingerprint density at radius 2 is 1.03 bits per heavy atom. The van der Waals surface area contributed by atoms with Gasteiger partial charge >= 0.3 is 0 Å². The van der Waals surface area contributed by atoms with Crippen LogP contribution >= 0.6 is 0 Å². The van der Waals surface area contributed by atoms with E-state index in [1.54, 1.807) is 36.9 Å². The molecule has 4 aromatic rings. The molecule has 4 heterocycles. The molecule has 0 aliphatic carbocycles. The zero-order valence-corrected chi connectivity index (χ0v) is 20.2. The number of nitrogens with zero attached hydrogens (tertiary/aromatic N) is 6. The molecule has 0 spiro atoms. The van der Waals surface area contributed by atoms with Gasteiger partial charge < -0.3 is 19.0 Å². The summed E-state index contributed by atoms with van der Waals surface area (Å²) in [5, 5.41) is 35.5. The minimum atomic E-state index is -0.777. The Labute approximate surface area is 198 Å². The minimum Gasteiger partial charge on any atom is -0.418 e. The molecular weight excluding hydrogens is 436 g/mol. The topological polar surface area (TPSA) is 144 Å². The summed E-state index contributed by atoms with van der Waals surface area (Å²) in [7, 11) is 0. The Morgan fingerprint density at radius 3 is 1.32 bits per heavy atom. The van der Waals surface area contributed by atoms with Gasteiger partial charge in [-0.15, -0.1) is 20.4 Å². The zero-order chi connectivity index (χ0) is 24.9. The van der Waals surface area contributed by atoms with Crippen LogP contribution in [0, 0.1) is 10.8 Å². The average Bonchev–Trinajstić information content (AvgIpc) is 3.49. The van der Waals surface area contributed by atoms with Gasteiger partial charge in [-0.1, -0.05) is 41.5 Å². The van der Waals surface area contributed by atoms with Crippen molar-refractivity contribution in [1.82, 2.24) is 30.4 Å². The lowest BCUT2D eigenvalue weighted by Gasteiger charge is -2.22. The SMILES string of the molecule is CC(C)(C)[C@@H](O)c1nnc(-c2cccnc2)o1.CC(C)(C)[C@H](O)c1nnc(-c2cccnc2)o1. The number of aliphatic hydroxyl groups excluding tert-OH is 2. The number of aliphatic hydroxyl groups is 2. The van der Waals surface area contributed by atoms with E-state index in [0.717, 1.165) is 11.1 Å². The summed E-state index contributed by atoms with van der Waals surface area (Å²) in [4.78, 5) is 7.95. The minimum absolute atomic E-state index is 0.233. The van der Waals surface area contributed by atoms with Gasteiger partial charge in [0.15, 0.2) is 0 Å². The van der Waals surface area contributed by atoms with Crippen molar-refractivity contribution in [1.29, 1.82) is 0 Å². The van der Waals surface area contributed by atoms with Gasteiger partial charge in [0, 0.05) is 24.8 Å². The fraction of sp³-hybridized carbons (Fsp3) is 0.417. The van der Waals surface area contributed by atoms with Crippen LogP contribution in [0.5, 0.6) is 0 Å². The Balaban J connectivity index is 0.000000191. The fourth-order valence-corrected chi connectivity index (χ4v) is 2.64. The molecule has 180 valence electrons. The number of hydrogen-bond donors (Lipinski definition) is 2. The highest BCUT2D eigenvalue weighted by atomic mass is 16.4. The van der Waals surface area contributed by atoms with Gasteiger partial charge in [0.05, 0.1) is 11.1 Å². The normalized spacial score (nSPS) is 13.6. The first kappa shape index (κ1) is 25.1. The number of hydrogen-bond acceptors (Lipinski definition) is 10. The lowest BCUT2D eigenvalue weighted by molar-refractivity contribution is 0.0391. The van der Waals surface area contributed by atoms with E-state index in [-0.39, 0.29) is 22.6 Å². The third kappa shape index (κ3) is 6.30. The van der Waals surface area contributed by atoms with Crippen molar-refractivity contribution in [2.45, 2.75) is 53.8 Å². The molecule has 0 unspecified atom stereocenters. The van der Waals surface area contributed by atoms with Gasteiger partial charge in [-0.2, -0.15) is 0 Å². The molecule has 10 heteroatoms. The van der Waals surface area contributed by atoms with Crippen LogP contribution in [-0.4, -0.2) is 40.6 Å². The Morgan fingerprint density at radius 1 is 0.647 bits per heavy atom. The molecule has 0 aliphatic rings. The molecule has 0 aromatic carbocycles. The lowest BCUT2D eigenvalue weighted by atomic mass is 9.89. The summed E-state index contributed by atoms with van der Waals surface area (Å²) in [5.41, 5.74) is 0.817. The maximum absolute atomic E-state index is 10.0. The van der Waals surface area contributed by atoms with Crippen LogP contribution in [0.15, 0.2) is 57.9 Å². The van der Waals surface area contributed by atoms with Crippen molar-refractivity contribution in [3.8, 4) is 22.9 Å². The van der Waals surface area contributed by atoms with Crippen LogP contribution in [-0.2, 0) is 0 Å². The fourth-order valence-electron chi connectivity index (χ4n) is 2.64. The lowest BCUT2D eigenvalue weighted by Crippen LogP contribution is -2.18. The quantitative estimate of drug-likeness (QED) is 0.443. The van der Waals surface area contributed by atoms with Gasteiger partial charge in [-0.25, -0.2) is 0 Å². The maximum Gasteiger partial charge on any atom is 0.249 e. The average molecular weight is 467 g/mol. The van der Waals surface area contributed by atoms with Crippen molar-refractivity contribution in [2.75, 3.05) is 0 Å². The smallest absolute Gasteiger partial charge is 0.249 e. The van der Waals surface area contributed by atoms with E-state index >= 15 is 0 Å². The standard InChI is InChI=1S/2C12H15N3O2/c2*1-12(2,3)9(16)11-15-14-10(17-11)8-5-4-6-13-7-8/h2*4-7,9,16H,1-3H3/t2*9-/m10/s1. The van der Waals surface area contributed by atoms with Gasteiger partial charge in [0.1, 0.15) is 12.2 Å². The summed E-state index contributed by atoms with van der Waals surface area (Å²) in [6.45, 7) is 11.5. The van der Waals surface area contributed by atoms with Gasteiger partial charge in [-0.05, 0) is 35.1 Å². The molecule has 0 amide bonds. The Bertz CT molecular complexity index is 1070. The zero-order valence-electron chi connectivity index (χ0n) is 20.2. The summed E-state index contributed by atoms with van der Waals surface area (Å²) in [5.74, 6) is 1.21.